The summed E-state index contributed by atoms with van der Waals surface area (Å²) in [5.74, 6) is 0. The van der Waals surface area contributed by atoms with Crippen LogP contribution >= 0.6 is 0 Å². The van der Waals surface area contributed by atoms with Gasteiger partial charge in [-0.3, -0.25) is 0 Å². The van der Waals surface area contributed by atoms with Gasteiger partial charge in [0.25, 0.3) is 0 Å². The number of hydrogen-bond donors (Lipinski definition) is 1. The summed E-state index contributed by atoms with van der Waals surface area (Å²) in [6.45, 7) is 0. The zero-order chi connectivity index (χ0) is 9.38. The molecular formula is C11H9N3. The Labute approximate surface area is 81.5 Å². The van der Waals surface area contributed by atoms with Crippen molar-refractivity contribution < 1.29 is 0 Å². The first-order valence-corrected chi connectivity index (χ1v) is 4.58. The van der Waals surface area contributed by atoms with Crippen molar-refractivity contribution >= 4 is 11.6 Å². The molecule has 1 aromatic heterocycles. The lowest BCUT2D eigenvalue weighted by molar-refractivity contribution is 0.934. The van der Waals surface area contributed by atoms with Crippen molar-refractivity contribution in [3.05, 3.63) is 47.3 Å². The van der Waals surface area contributed by atoms with E-state index in [2.05, 4.69) is 45.8 Å². The molecule has 1 aliphatic rings. The van der Waals surface area contributed by atoms with Gasteiger partial charge in [0.05, 0.1) is 6.20 Å². The first kappa shape index (κ1) is 7.50. The highest BCUT2D eigenvalue weighted by Gasteiger charge is 2.14. The minimum Gasteiger partial charge on any atom is -0.197 e. The molecule has 3 nitrogen and oxygen atoms in total. The predicted octanol–water partition coefficient (Wildman–Crippen LogP) is 1.90. The van der Waals surface area contributed by atoms with E-state index in [4.69, 9.17) is 0 Å². The molecule has 0 bridgehead atoms. The largest absolute Gasteiger partial charge is 0.197 e. The van der Waals surface area contributed by atoms with Crippen molar-refractivity contribution in [3.63, 3.8) is 0 Å². The van der Waals surface area contributed by atoms with Gasteiger partial charge < -0.3 is 0 Å². The number of rotatable bonds is 1. The van der Waals surface area contributed by atoms with Gasteiger partial charge in [0.2, 0.25) is 0 Å². The van der Waals surface area contributed by atoms with Gasteiger partial charge in [-0.1, -0.05) is 24.3 Å². The van der Waals surface area contributed by atoms with Crippen LogP contribution in [0.1, 0.15) is 16.8 Å². The van der Waals surface area contributed by atoms with Crippen LogP contribution in [-0.4, -0.2) is 15.4 Å². The van der Waals surface area contributed by atoms with E-state index in [1.54, 1.807) is 6.20 Å². The van der Waals surface area contributed by atoms with Gasteiger partial charge in [-0.15, -0.1) is 0 Å². The third-order valence-electron chi connectivity index (χ3n) is 2.51. The first-order chi connectivity index (χ1) is 6.93. The summed E-state index contributed by atoms with van der Waals surface area (Å²) in [5, 5.41) is 10.5. The smallest absolute Gasteiger partial charge is 0.109 e. The molecule has 0 saturated heterocycles. The second-order valence-electron chi connectivity index (χ2n) is 3.40. The molecule has 0 radical (unpaired) electrons. The molecule has 3 heteroatoms. The number of benzene rings is 1. The van der Waals surface area contributed by atoms with Crippen LogP contribution in [0.25, 0.3) is 11.6 Å². The number of aromatic amines is 1. The SMILES string of the molecule is C1=C(c2cn[nH]n2)Cc2ccccc21. The summed E-state index contributed by atoms with van der Waals surface area (Å²) in [6, 6.07) is 8.40. The third kappa shape index (κ3) is 1.06. The summed E-state index contributed by atoms with van der Waals surface area (Å²) in [6.07, 6.45) is 4.90. The van der Waals surface area contributed by atoms with Gasteiger partial charge in [-0.25, -0.2) is 0 Å². The highest BCUT2D eigenvalue weighted by molar-refractivity contribution is 5.86. The van der Waals surface area contributed by atoms with Crippen LogP contribution in [0.15, 0.2) is 30.5 Å². The zero-order valence-corrected chi connectivity index (χ0v) is 7.57. The second-order valence-corrected chi connectivity index (χ2v) is 3.40. The van der Waals surface area contributed by atoms with Gasteiger partial charge in [-0.2, -0.15) is 15.4 Å². The van der Waals surface area contributed by atoms with Crippen molar-refractivity contribution in [2.24, 2.45) is 0 Å². The van der Waals surface area contributed by atoms with Crippen molar-refractivity contribution in [1.29, 1.82) is 0 Å². The molecule has 14 heavy (non-hydrogen) atoms. The molecule has 1 aromatic carbocycles. The lowest BCUT2D eigenvalue weighted by atomic mass is 10.1. The van der Waals surface area contributed by atoms with Crippen molar-refractivity contribution in [2.45, 2.75) is 6.42 Å². The van der Waals surface area contributed by atoms with Crippen molar-refractivity contribution in [3.8, 4) is 0 Å². The predicted molar refractivity (Wildman–Crippen MR) is 54.4 cm³/mol. The van der Waals surface area contributed by atoms with Crippen molar-refractivity contribution in [1.82, 2.24) is 15.4 Å². The average molecular weight is 183 g/mol. The molecule has 1 N–H and O–H groups in total. The Morgan fingerprint density at radius 2 is 2.14 bits per heavy atom. The summed E-state index contributed by atoms with van der Waals surface area (Å²) in [4.78, 5) is 0. The minimum absolute atomic E-state index is 0.946. The van der Waals surface area contributed by atoms with Crippen LogP contribution in [0.3, 0.4) is 0 Å². The highest BCUT2D eigenvalue weighted by atomic mass is 15.3. The van der Waals surface area contributed by atoms with E-state index in [1.807, 2.05) is 0 Å². The molecule has 0 unspecified atom stereocenters. The fraction of sp³-hybridized carbons (Fsp3) is 0.0909. The van der Waals surface area contributed by atoms with Gasteiger partial charge >= 0.3 is 0 Å². The third-order valence-corrected chi connectivity index (χ3v) is 2.51. The Kier molecular flexibility index (Phi) is 1.50. The van der Waals surface area contributed by atoms with Crippen molar-refractivity contribution in [2.75, 3.05) is 0 Å². The van der Waals surface area contributed by atoms with Crippen LogP contribution < -0.4 is 0 Å². The number of hydrogen-bond acceptors (Lipinski definition) is 2. The van der Waals surface area contributed by atoms with E-state index in [9.17, 15) is 0 Å². The van der Waals surface area contributed by atoms with E-state index >= 15 is 0 Å². The topological polar surface area (TPSA) is 41.6 Å². The molecule has 68 valence electrons. The first-order valence-electron chi connectivity index (χ1n) is 4.58. The van der Waals surface area contributed by atoms with E-state index in [0.717, 1.165) is 12.1 Å². The summed E-state index contributed by atoms with van der Waals surface area (Å²) in [7, 11) is 0. The normalized spacial score (nSPS) is 13.9. The Morgan fingerprint density at radius 3 is 2.93 bits per heavy atom. The fourth-order valence-corrected chi connectivity index (χ4v) is 1.80. The second kappa shape index (κ2) is 2.80. The fourth-order valence-electron chi connectivity index (χ4n) is 1.80. The van der Waals surface area contributed by atoms with Gasteiger partial charge in [-0.05, 0) is 22.8 Å². The van der Waals surface area contributed by atoms with Crippen LogP contribution in [-0.2, 0) is 6.42 Å². The maximum atomic E-state index is 4.08. The molecule has 3 rings (SSSR count). The standard InChI is InChI=1S/C11H9N3/c1-2-4-9-6-10(5-8(9)3-1)11-7-12-14-13-11/h1-5,7H,6H2,(H,12,13,14). The van der Waals surface area contributed by atoms with E-state index in [1.165, 1.54) is 16.7 Å². The molecule has 0 saturated carbocycles. The van der Waals surface area contributed by atoms with Gasteiger partial charge in [0, 0.05) is 6.42 Å². The monoisotopic (exact) mass is 183 g/mol. The summed E-state index contributed by atoms with van der Waals surface area (Å²) >= 11 is 0. The number of nitrogens with one attached hydrogen (secondary N) is 1. The molecule has 1 heterocycles. The number of fused-ring (bicyclic) bond motifs is 1. The number of nitrogens with zero attached hydrogens (tertiary/aromatic N) is 2. The average Bonchev–Trinajstić information content (AvgIpc) is 2.86. The molecule has 0 aliphatic heterocycles. The highest BCUT2D eigenvalue weighted by Crippen LogP contribution is 2.29. The number of aromatic nitrogens is 3. The van der Waals surface area contributed by atoms with E-state index < -0.39 is 0 Å². The van der Waals surface area contributed by atoms with Gasteiger partial charge in [0.1, 0.15) is 5.69 Å². The maximum Gasteiger partial charge on any atom is 0.109 e. The zero-order valence-electron chi connectivity index (χ0n) is 7.57. The maximum absolute atomic E-state index is 4.08. The quantitative estimate of drug-likeness (QED) is 0.733. The number of allylic oxidation sites excluding steroid dienone is 1. The number of H-pyrrole nitrogens is 1. The molecule has 2 aromatic rings. The van der Waals surface area contributed by atoms with Crippen LogP contribution in [0.5, 0.6) is 0 Å². The molecule has 0 atom stereocenters. The van der Waals surface area contributed by atoms with E-state index in [-0.39, 0.29) is 0 Å². The van der Waals surface area contributed by atoms with Gasteiger partial charge in [0.15, 0.2) is 0 Å². The molecule has 0 spiro atoms. The van der Waals surface area contributed by atoms with Crippen LogP contribution in [0.2, 0.25) is 0 Å². The van der Waals surface area contributed by atoms with E-state index in [0.29, 0.717) is 0 Å². The minimum atomic E-state index is 0.946. The summed E-state index contributed by atoms with van der Waals surface area (Å²) < 4.78 is 0. The van der Waals surface area contributed by atoms with Crippen LogP contribution in [0, 0.1) is 0 Å². The Balaban J connectivity index is 2.04. The van der Waals surface area contributed by atoms with Crippen LogP contribution in [0.4, 0.5) is 0 Å². The Hall–Kier alpha value is -1.90. The Bertz CT molecular complexity index is 483. The molecule has 1 aliphatic carbocycles. The summed E-state index contributed by atoms with van der Waals surface area (Å²) in [5.41, 5.74) is 4.84. The molecular weight excluding hydrogens is 174 g/mol. The Morgan fingerprint density at radius 1 is 1.21 bits per heavy atom. The lowest BCUT2D eigenvalue weighted by Crippen LogP contribution is -1.85. The lowest BCUT2D eigenvalue weighted by Gasteiger charge is -1.95. The molecule has 0 amide bonds. The molecule has 0 fully saturated rings.